The van der Waals surface area contributed by atoms with Crippen molar-refractivity contribution in [1.29, 1.82) is 0 Å². The van der Waals surface area contributed by atoms with Crippen LogP contribution >= 0.6 is 0 Å². The molecule has 5 heteroatoms. The van der Waals surface area contributed by atoms with Crippen molar-refractivity contribution in [3.05, 3.63) is 35.4 Å². The van der Waals surface area contributed by atoms with E-state index in [1.54, 1.807) is 12.1 Å². The summed E-state index contributed by atoms with van der Waals surface area (Å²) >= 11 is 0. The number of hydrogen-bond donors (Lipinski definition) is 3. The van der Waals surface area contributed by atoms with Crippen LogP contribution in [-0.4, -0.2) is 30.1 Å². The van der Waals surface area contributed by atoms with Gasteiger partial charge in [-0.3, -0.25) is 9.59 Å². The van der Waals surface area contributed by atoms with E-state index >= 15 is 0 Å². The Morgan fingerprint density at radius 2 is 1.89 bits per heavy atom. The second-order valence-electron chi connectivity index (χ2n) is 4.29. The van der Waals surface area contributed by atoms with Crippen LogP contribution in [-0.2, 0) is 22.6 Å². The van der Waals surface area contributed by atoms with E-state index in [0.717, 1.165) is 24.1 Å². The van der Waals surface area contributed by atoms with Gasteiger partial charge in [0.2, 0.25) is 5.91 Å². The third kappa shape index (κ3) is 6.01. The molecule has 0 radical (unpaired) electrons. The van der Waals surface area contributed by atoms with Crippen molar-refractivity contribution < 1.29 is 14.7 Å². The Hall–Kier alpha value is -1.88. The summed E-state index contributed by atoms with van der Waals surface area (Å²) in [6.45, 7) is 3.49. The molecule has 0 spiro atoms. The molecule has 3 N–H and O–H groups in total. The van der Waals surface area contributed by atoms with E-state index in [4.69, 9.17) is 5.11 Å². The van der Waals surface area contributed by atoms with Crippen LogP contribution in [0.3, 0.4) is 0 Å². The molecule has 5 nitrogen and oxygen atoms in total. The molecule has 0 heterocycles. The van der Waals surface area contributed by atoms with Crippen molar-refractivity contribution in [2.75, 3.05) is 13.1 Å². The predicted octanol–water partition coefficient (Wildman–Crippen LogP) is 0.929. The molecular formula is C14H20N2O3. The second-order valence-corrected chi connectivity index (χ2v) is 4.29. The van der Waals surface area contributed by atoms with Crippen LogP contribution in [0.4, 0.5) is 0 Å². The predicted molar refractivity (Wildman–Crippen MR) is 72.8 cm³/mol. The largest absolute Gasteiger partial charge is 0.481 e. The molecule has 1 aromatic rings. The van der Waals surface area contributed by atoms with E-state index in [0.29, 0.717) is 6.54 Å². The van der Waals surface area contributed by atoms with Gasteiger partial charge in [-0.25, -0.2) is 0 Å². The number of nitrogens with one attached hydrogen (secondary N) is 2. The fourth-order valence-electron chi connectivity index (χ4n) is 1.70. The zero-order valence-electron chi connectivity index (χ0n) is 11.1. The van der Waals surface area contributed by atoms with Crippen LogP contribution in [0.15, 0.2) is 24.3 Å². The van der Waals surface area contributed by atoms with Gasteiger partial charge in [-0.1, -0.05) is 31.2 Å². The first-order valence-corrected chi connectivity index (χ1v) is 6.39. The summed E-state index contributed by atoms with van der Waals surface area (Å²) in [5.41, 5.74) is 1.57. The number of aliphatic carboxylic acids is 1. The first kappa shape index (κ1) is 15.2. The first-order chi connectivity index (χ1) is 9.13. The van der Waals surface area contributed by atoms with Crippen LogP contribution in [0.1, 0.15) is 24.5 Å². The van der Waals surface area contributed by atoms with Gasteiger partial charge in [-0.05, 0) is 24.1 Å². The van der Waals surface area contributed by atoms with Crippen LogP contribution in [0, 0.1) is 0 Å². The molecule has 0 aliphatic carbocycles. The van der Waals surface area contributed by atoms with Gasteiger partial charge >= 0.3 is 5.97 Å². The Morgan fingerprint density at radius 1 is 1.21 bits per heavy atom. The Kier molecular flexibility index (Phi) is 6.60. The lowest BCUT2D eigenvalue weighted by Gasteiger charge is -2.09. The lowest BCUT2D eigenvalue weighted by atomic mass is 10.0. The third-order valence-corrected chi connectivity index (χ3v) is 2.65. The minimum Gasteiger partial charge on any atom is -0.481 e. The number of hydrogen-bond acceptors (Lipinski definition) is 3. The minimum atomic E-state index is -0.872. The molecule has 1 amide bonds. The molecule has 0 saturated carbocycles. The van der Waals surface area contributed by atoms with Gasteiger partial charge in [-0.15, -0.1) is 0 Å². The van der Waals surface area contributed by atoms with E-state index in [1.807, 2.05) is 19.1 Å². The summed E-state index contributed by atoms with van der Waals surface area (Å²) in [5.74, 6) is -0.957. The zero-order chi connectivity index (χ0) is 14.1. The van der Waals surface area contributed by atoms with E-state index in [1.165, 1.54) is 0 Å². The standard InChI is InChI=1S/C14H20N2O3/c1-2-7-15-10-13(17)16-9-12-6-4-3-5-11(12)8-14(18)19/h3-6,15H,2,7-10H2,1H3,(H,16,17)(H,18,19). The van der Waals surface area contributed by atoms with Crippen molar-refractivity contribution in [2.24, 2.45) is 0 Å². The van der Waals surface area contributed by atoms with Crippen molar-refractivity contribution in [3.8, 4) is 0 Å². The van der Waals surface area contributed by atoms with Crippen LogP contribution < -0.4 is 10.6 Å². The van der Waals surface area contributed by atoms with Gasteiger partial charge in [0, 0.05) is 6.54 Å². The summed E-state index contributed by atoms with van der Waals surface area (Å²) in [4.78, 5) is 22.3. The quantitative estimate of drug-likeness (QED) is 0.610. The molecule has 19 heavy (non-hydrogen) atoms. The Bertz CT molecular complexity index is 432. The van der Waals surface area contributed by atoms with E-state index in [-0.39, 0.29) is 18.9 Å². The van der Waals surface area contributed by atoms with Gasteiger partial charge in [0.1, 0.15) is 0 Å². The summed E-state index contributed by atoms with van der Waals surface area (Å²) in [6.07, 6.45) is 0.953. The Labute approximate surface area is 113 Å². The first-order valence-electron chi connectivity index (χ1n) is 6.39. The summed E-state index contributed by atoms with van der Waals surface area (Å²) in [7, 11) is 0. The summed E-state index contributed by atoms with van der Waals surface area (Å²) in [5, 5.41) is 14.6. The molecule has 0 fully saturated rings. The molecule has 0 unspecified atom stereocenters. The highest BCUT2D eigenvalue weighted by molar-refractivity contribution is 5.78. The smallest absolute Gasteiger partial charge is 0.307 e. The monoisotopic (exact) mass is 264 g/mol. The van der Waals surface area contributed by atoms with Crippen LogP contribution in [0.5, 0.6) is 0 Å². The highest BCUT2D eigenvalue weighted by Gasteiger charge is 2.07. The summed E-state index contributed by atoms with van der Waals surface area (Å²) < 4.78 is 0. The maximum Gasteiger partial charge on any atom is 0.307 e. The molecule has 0 aliphatic heterocycles. The number of carbonyl (C=O) groups excluding carboxylic acids is 1. The number of amides is 1. The number of rotatable bonds is 8. The molecule has 1 aromatic carbocycles. The number of carboxylic acids is 1. The fourth-order valence-corrected chi connectivity index (χ4v) is 1.70. The van der Waals surface area contributed by atoms with Gasteiger partial charge < -0.3 is 15.7 Å². The summed E-state index contributed by atoms with van der Waals surface area (Å²) in [6, 6.07) is 7.23. The molecule has 0 atom stereocenters. The average Bonchev–Trinajstić information content (AvgIpc) is 2.37. The third-order valence-electron chi connectivity index (χ3n) is 2.65. The van der Waals surface area contributed by atoms with Gasteiger partial charge in [0.15, 0.2) is 0 Å². The SMILES string of the molecule is CCCNCC(=O)NCc1ccccc1CC(=O)O. The highest BCUT2D eigenvalue weighted by atomic mass is 16.4. The van der Waals surface area contributed by atoms with Crippen molar-refractivity contribution in [3.63, 3.8) is 0 Å². The molecule has 0 bridgehead atoms. The fraction of sp³-hybridized carbons (Fsp3) is 0.429. The highest BCUT2D eigenvalue weighted by Crippen LogP contribution is 2.09. The Balaban J connectivity index is 2.48. The lowest BCUT2D eigenvalue weighted by molar-refractivity contribution is -0.136. The van der Waals surface area contributed by atoms with Crippen molar-refractivity contribution >= 4 is 11.9 Å². The average molecular weight is 264 g/mol. The second kappa shape index (κ2) is 8.26. The molecule has 1 rings (SSSR count). The van der Waals surface area contributed by atoms with E-state index in [2.05, 4.69) is 10.6 Å². The molecule has 0 saturated heterocycles. The molecule has 104 valence electrons. The van der Waals surface area contributed by atoms with Crippen LogP contribution in [0.2, 0.25) is 0 Å². The zero-order valence-corrected chi connectivity index (χ0v) is 11.1. The van der Waals surface area contributed by atoms with Gasteiger partial charge in [-0.2, -0.15) is 0 Å². The Morgan fingerprint density at radius 3 is 2.53 bits per heavy atom. The van der Waals surface area contributed by atoms with E-state index in [9.17, 15) is 9.59 Å². The number of carbonyl (C=O) groups is 2. The van der Waals surface area contributed by atoms with Gasteiger partial charge in [0.25, 0.3) is 0 Å². The van der Waals surface area contributed by atoms with Crippen molar-refractivity contribution in [2.45, 2.75) is 26.3 Å². The molecule has 0 aliphatic rings. The number of carboxylic acid groups (broad SMARTS) is 1. The van der Waals surface area contributed by atoms with E-state index < -0.39 is 5.97 Å². The van der Waals surface area contributed by atoms with Crippen LogP contribution in [0.25, 0.3) is 0 Å². The molecular weight excluding hydrogens is 244 g/mol. The van der Waals surface area contributed by atoms with Gasteiger partial charge in [0.05, 0.1) is 13.0 Å². The normalized spacial score (nSPS) is 10.2. The maximum atomic E-state index is 11.5. The molecule has 0 aromatic heterocycles. The number of benzene rings is 1. The topological polar surface area (TPSA) is 78.4 Å². The van der Waals surface area contributed by atoms with Crippen molar-refractivity contribution in [1.82, 2.24) is 10.6 Å². The maximum absolute atomic E-state index is 11.5. The lowest BCUT2D eigenvalue weighted by Crippen LogP contribution is -2.34. The minimum absolute atomic E-state index is 0.0277.